The van der Waals surface area contributed by atoms with Crippen molar-refractivity contribution in [1.82, 2.24) is 4.98 Å². The first-order chi connectivity index (χ1) is 14.9. The number of hydrogen-bond acceptors (Lipinski definition) is 4. The van der Waals surface area contributed by atoms with Gasteiger partial charge in [-0.25, -0.2) is 0 Å². The van der Waals surface area contributed by atoms with Gasteiger partial charge < -0.3 is 14.8 Å². The predicted molar refractivity (Wildman–Crippen MR) is 124 cm³/mol. The van der Waals surface area contributed by atoms with Crippen LogP contribution in [0.15, 0.2) is 60.7 Å². The fourth-order valence-corrected chi connectivity index (χ4v) is 3.22. The second-order valence-electron chi connectivity index (χ2n) is 7.72. The van der Waals surface area contributed by atoms with Gasteiger partial charge in [0, 0.05) is 30.5 Å². The van der Waals surface area contributed by atoms with E-state index in [9.17, 15) is 4.79 Å². The number of pyridine rings is 1. The number of anilines is 1. The second kappa shape index (κ2) is 10.7. The lowest BCUT2D eigenvalue weighted by atomic mass is 10.1. The van der Waals surface area contributed by atoms with Gasteiger partial charge in [0.25, 0.3) is 5.91 Å². The van der Waals surface area contributed by atoms with Crippen LogP contribution in [-0.4, -0.2) is 23.6 Å². The highest BCUT2D eigenvalue weighted by Gasteiger charge is 2.13. The number of aryl methyl sites for hydroxylation is 2. The Kier molecular flexibility index (Phi) is 7.79. The van der Waals surface area contributed by atoms with Crippen LogP contribution in [-0.2, 0) is 11.2 Å². The molecular formula is C26H30N2O3. The Balaban J connectivity index is 1.65. The fourth-order valence-electron chi connectivity index (χ4n) is 3.22. The summed E-state index contributed by atoms with van der Waals surface area (Å²) in [6.07, 6.45) is 1.82. The van der Waals surface area contributed by atoms with Gasteiger partial charge in [0.2, 0.25) is 0 Å². The Morgan fingerprint density at radius 1 is 1.03 bits per heavy atom. The van der Waals surface area contributed by atoms with E-state index in [4.69, 9.17) is 9.47 Å². The fraction of sp³-hybridized carbons (Fsp3) is 0.308. The summed E-state index contributed by atoms with van der Waals surface area (Å²) in [5, 5.41) is 2.94. The lowest BCUT2D eigenvalue weighted by Crippen LogP contribution is -2.16. The second-order valence-corrected chi connectivity index (χ2v) is 7.72. The third-order valence-electron chi connectivity index (χ3n) is 4.84. The van der Waals surface area contributed by atoms with Crippen LogP contribution in [0, 0.1) is 13.8 Å². The Bertz CT molecular complexity index is 1020. The smallest absolute Gasteiger partial charge is 0.257 e. The standard InChI is InChI=1S/C26H30N2O3/c1-5-15-30-19(3)16-22-11-14-25(20(4)27-22)26(29)28-21-7-6-8-24(17-21)31-23-12-9-18(2)10-13-23/h6-14,17,19H,5,15-16H2,1-4H3,(H,28,29). The molecule has 3 aromatic rings. The highest BCUT2D eigenvalue weighted by Crippen LogP contribution is 2.25. The van der Waals surface area contributed by atoms with E-state index in [-0.39, 0.29) is 12.0 Å². The third-order valence-corrected chi connectivity index (χ3v) is 4.84. The number of rotatable bonds is 9. The van der Waals surface area contributed by atoms with Crippen molar-refractivity contribution >= 4 is 11.6 Å². The van der Waals surface area contributed by atoms with Crippen LogP contribution in [0.2, 0.25) is 0 Å². The van der Waals surface area contributed by atoms with Crippen molar-refractivity contribution < 1.29 is 14.3 Å². The summed E-state index contributed by atoms with van der Waals surface area (Å²) in [4.78, 5) is 17.4. The predicted octanol–water partition coefficient (Wildman–Crippen LogP) is 6.10. The number of nitrogens with one attached hydrogen (secondary N) is 1. The molecule has 1 amide bonds. The van der Waals surface area contributed by atoms with Crippen molar-refractivity contribution in [2.45, 2.75) is 46.6 Å². The van der Waals surface area contributed by atoms with Crippen LogP contribution in [0.4, 0.5) is 5.69 Å². The normalized spacial score (nSPS) is 11.7. The minimum Gasteiger partial charge on any atom is -0.457 e. The molecule has 3 rings (SSSR count). The molecule has 31 heavy (non-hydrogen) atoms. The van der Waals surface area contributed by atoms with Crippen LogP contribution < -0.4 is 10.1 Å². The minimum atomic E-state index is -0.195. The molecule has 1 N–H and O–H groups in total. The molecule has 1 heterocycles. The summed E-state index contributed by atoms with van der Waals surface area (Å²) in [7, 11) is 0. The summed E-state index contributed by atoms with van der Waals surface area (Å²) in [5.41, 5.74) is 4.01. The molecule has 0 fully saturated rings. The zero-order valence-electron chi connectivity index (χ0n) is 18.6. The summed E-state index contributed by atoms with van der Waals surface area (Å²) in [6.45, 7) is 8.76. The van der Waals surface area contributed by atoms with Gasteiger partial charge >= 0.3 is 0 Å². The quantitative estimate of drug-likeness (QED) is 0.456. The topological polar surface area (TPSA) is 60.5 Å². The SMILES string of the molecule is CCCOC(C)Cc1ccc(C(=O)Nc2cccc(Oc3ccc(C)cc3)c2)c(C)n1. The number of aromatic nitrogens is 1. The van der Waals surface area contributed by atoms with Gasteiger partial charge in [-0.15, -0.1) is 0 Å². The Morgan fingerprint density at radius 3 is 2.52 bits per heavy atom. The molecule has 1 unspecified atom stereocenters. The molecule has 0 spiro atoms. The zero-order chi connectivity index (χ0) is 22.2. The summed E-state index contributed by atoms with van der Waals surface area (Å²) in [6, 6.07) is 18.9. The average Bonchev–Trinajstić information content (AvgIpc) is 2.74. The maximum absolute atomic E-state index is 12.8. The van der Waals surface area contributed by atoms with Crippen LogP contribution in [0.5, 0.6) is 11.5 Å². The first-order valence-electron chi connectivity index (χ1n) is 10.7. The summed E-state index contributed by atoms with van der Waals surface area (Å²) < 4.78 is 11.6. The molecule has 1 aromatic heterocycles. The molecule has 0 aliphatic carbocycles. The third kappa shape index (κ3) is 6.66. The van der Waals surface area contributed by atoms with E-state index in [1.54, 1.807) is 0 Å². The first-order valence-corrected chi connectivity index (χ1v) is 10.7. The van der Waals surface area contributed by atoms with Crippen LogP contribution in [0.1, 0.15) is 47.6 Å². The van der Waals surface area contributed by atoms with Gasteiger partial charge in [0.1, 0.15) is 11.5 Å². The molecule has 162 valence electrons. The number of ether oxygens (including phenoxy) is 2. The van der Waals surface area contributed by atoms with Crippen LogP contribution >= 0.6 is 0 Å². The van der Waals surface area contributed by atoms with E-state index in [0.717, 1.165) is 30.9 Å². The highest BCUT2D eigenvalue weighted by molar-refractivity contribution is 6.05. The molecule has 0 saturated carbocycles. The number of carbonyl (C=O) groups is 1. The molecule has 2 aromatic carbocycles. The molecule has 0 aliphatic heterocycles. The van der Waals surface area contributed by atoms with Crippen molar-refractivity contribution in [3.8, 4) is 11.5 Å². The minimum absolute atomic E-state index is 0.0998. The van der Waals surface area contributed by atoms with E-state index in [1.807, 2.05) is 81.4 Å². The van der Waals surface area contributed by atoms with Crippen LogP contribution in [0.3, 0.4) is 0 Å². The Hall–Kier alpha value is -3.18. The van der Waals surface area contributed by atoms with Crippen molar-refractivity contribution in [3.63, 3.8) is 0 Å². The molecule has 0 aliphatic rings. The van der Waals surface area contributed by atoms with E-state index >= 15 is 0 Å². The molecular weight excluding hydrogens is 388 g/mol. The van der Waals surface area contributed by atoms with Crippen molar-refractivity contribution in [3.05, 3.63) is 83.2 Å². The molecule has 1 atom stereocenters. The van der Waals surface area contributed by atoms with Crippen molar-refractivity contribution in [2.75, 3.05) is 11.9 Å². The molecule has 0 saturated heterocycles. The lowest BCUT2D eigenvalue weighted by molar-refractivity contribution is 0.0663. The molecule has 5 nitrogen and oxygen atoms in total. The van der Waals surface area contributed by atoms with Gasteiger partial charge in [0.05, 0.1) is 17.4 Å². The number of carbonyl (C=O) groups excluding carboxylic acids is 1. The van der Waals surface area contributed by atoms with E-state index in [2.05, 4.69) is 17.2 Å². The summed E-state index contributed by atoms with van der Waals surface area (Å²) >= 11 is 0. The monoisotopic (exact) mass is 418 g/mol. The first kappa shape index (κ1) is 22.5. The van der Waals surface area contributed by atoms with Gasteiger partial charge in [-0.2, -0.15) is 0 Å². The number of amides is 1. The van der Waals surface area contributed by atoms with E-state index < -0.39 is 0 Å². The Labute approximate surface area is 184 Å². The highest BCUT2D eigenvalue weighted by atomic mass is 16.5. The maximum Gasteiger partial charge on any atom is 0.257 e. The largest absolute Gasteiger partial charge is 0.457 e. The van der Waals surface area contributed by atoms with E-state index in [0.29, 0.717) is 22.7 Å². The molecule has 0 radical (unpaired) electrons. The zero-order valence-corrected chi connectivity index (χ0v) is 18.6. The number of nitrogens with zero attached hydrogens (tertiary/aromatic N) is 1. The maximum atomic E-state index is 12.8. The molecule has 0 bridgehead atoms. The lowest BCUT2D eigenvalue weighted by Gasteiger charge is -2.13. The van der Waals surface area contributed by atoms with Crippen molar-refractivity contribution in [2.24, 2.45) is 0 Å². The molecule has 5 heteroatoms. The summed E-state index contributed by atoms with van der Waals surface area (Å²) in [5.74, 6) is 1.22. The number of hydrogen-bond donors (Lipinski definition) is 1. The number of benzene rings is 2. The van der Waals surface area contributed by atoms with Gasteiger partial charge in [-0.1, -0.05) is 30.7 Å². The van der Waals surface area contributed by atoms with Gasteiger partial charge in [0.15, 0.2) is 0 Å². The van der Waals surface area contributed by atoms with E-state index in [1.165, 1.54) is 5.56 Å². The average molecular weight is 419 g/mol. The van der Waals surface area contributed by atoms with Crippen molar-refractivity contribution in [1.29, 1.82) is 0 Å². The Morgan fingerprint density at radius 2 is 1.81 bits per heavy atom. The van der Waals surface area contributed by atoms with Gasteiger partial charge in [-0.3, -0.25) is 9.78 Å². The van der Waals surface area contributed by atoms with Gasteiger partial charge in [-0.05, 0) is 63.6 Å². The van der Waals surface area contributed by atoms with Crippen LogP contribution in [0.25, 0.3) is 0 Å².